The van der Waals surface area contributed by atoms with E-state index in [1.165, 1.54) is 83.5 Å². The van der Waals surface area contributed by atoms with E-state index >= 15 is 0 Å². The highest BCUT2D eigenvalue weighted by Gasteiger charge is 1.98. The number of nitrogens with zero attached hydrogens (tertiary/aromatic N) is 2. The van der Waals surface area contributed by atoms with Gasteiger partial charge in [0.2, 0.25) is 0 Å². The van der Waals surface area contributed by atoms with Gasteiger partial charge in [-0.15, -0.1) is 0 Å². The molecule has 0 amide bonds. The minimum Gasteiger partial charge on any atom is -0.268 e. The first-order valence-electron chi connectivity index (χ1n) is 10.3. The van der Waals surface area contributed by atoms with E-state index in [-0.39, 0.29) is 5.56 Å². The molecule has 0 atom stereocenters. The van der Waals surface area contributed by atoms with Crippen molar-refractivity contribution in [2.45, 2.75) is 110 Å². The van der Waals surface area contributed by atoms with Crippen LogP contribution in [0.4, 0.5) is 0 Å². The SMILES string of the molecule is CCCCCCCCCCCCCCCCn1nc(C)ccc1=O. The maximum absolute atomic E-state index is 11.6. The van der Waals surface area contributed by atoms with Crippen LogP contribution < -0.4 is 5.56 Å². The zero-order valence-corrected chi connectivity index (χ0v) is 16.1. The molecule has 0 saturated carbocycles. The Balaban J connectivity index is 1.85. The van der Waals surface area contributed by atoms with Crippen LogP contribution in [0, 0.1) is 6.92 Å². The average molecular weight is 335 g/mol. The molecule has 0 spiro atoms. The first-order chi connectivity index (χ1) is 11.7. The van der Waals surface area contributed by atoms with Crippen LogP contribution in [0.5, 0.6) is 0 Å². The Kier molecular flexibility index (Phi) is 12.4. The Morgan fingerprint density at radius 1 is 0.750 bits per heavy atom. The van der Waals surface area contributed by atoms with Gasteiger partial charge in [-0.05, 0) is 19.4 Å². The first-order valence-corrected chi connectivity index (χ1v) is 10.3. The average Bonchev–Trinajstić information content (AvgIpc) is 2.58. The fraction of sp³-hybridized carbons (Fsp3) is 0.810. The fourth-order valence-corrected chi connectivity index (χ4v) is 3.17. The van der Waals surface area contributed by atoms with Crippen molar-refractivity contribution in [3.63, 3.8) is 0 Å². The molecule has 0 aliphatic carbocycles. The van der Waals surface area contributed by atoms with E-state index in [1.54, 1.807) is 16.8 Å². The van der Waals surface area contributed by atoms with Crippen molar-refractivity contribution in [2.75, 3.05) is 0 Å². The van der Waals surface area contributed by atoms with Crippen LogP contribution >= 0.6 is 0 Å². The van der Waals surface area contributed by atoms with Crippen LogP contribution in [0.15, 0.2) is 16.9 Å². The van der Waals surface area contributed by atoms with Crippen molar-refractivity contribution in [3.8, 4) is 0 Å². The Morgan fingerprint density at radius 2 is 1.21 bits per heavy atom. The van der Waals surface area contributed by atoms with Crippen LogP contribution in [0.1, 0.15) is 103 Å². The van der Waals surface area contributed by atoms with Crippen molar-refractivity contribution in [1.29, 1.82) is 0 Å². The second-order valence-corrected chi connectivity index (χ2v) is 7.13. The van der Waals surface area contributed by atoms with E-state index in [9.17, 15) is 4.79 Å². The van der Waals surface area contributed by atoms with Crippen molar-refractivity contribution >= 4 is 0 Å². The molecule has 0 N–H and O–H groups in total. The maximum Gasteiger partial charge on any atom is 0.266 e. The number of rotatable bonds is 15. The van der Waals surface area contributed by atoms with Crippen LogP contribution in [0.2, 0.25) is 0 Å². The lowest BCUT2D eigenvalue weighted by Gasteiger charge is -2.05. The topological polar surface area (TPSA) is 34.9 Å². The van der Waals surface area contributed by atoms with Gasteiger partial charge in [0, 0.05) is 12.6 Å². The molecule has 0 bridgehead atoms. The van der Waals surface area contributed by atoms with E-state index in [0.29, 0.717) is 0 Å². The number of unbranched alkanes of at least 4 members (excludes halogenated alkanes) is 13. The Morgan fingerprint density at radius 3 is 1.71 bits per heavy atom. The lowest BCUT2D eigenvalue weighted by molar-refractivity contribution is 0.496. The highest BCUT2D eigenvalue weighted by atomic mass is 16.1. The predicted octanol–water partition coefficient (Wildman–Crippen LogP) is 6.03. The van der Waals surface area contributed by atoms with Crippen LogP contribution in [0.3, 0.4) is 0 Å². The van der Waals surface area contributed by atoms with Crippen LogP contribution in [-0.2, 0) is 6.54 Å². The van der Waals surface area contributed by atoms with Gasteiger partial charge in [0.15, 0.2) is 0 Å². The largest absolute Gasteiger partial charge is 0.268 e. The van der Waals surface area contributed by atoms with Gasteiger partial charge in [0.25, 0.3) is 5.56 Å². The summed E-state index contributed by atoms with van der Waals surface area (Å²) in [5.41, 5.74) is 0.940. The molecule has 3 nitrogen and oxygen atoms in total. The molecule has 0 aromatic carbocycles. The highest BCUT2D eigenvalue weighted by molar-refractivity contribution is 4.96. The van der Waals surface area contributed by atoms with Crippen molar-refractivity contribution in [2.24, 2.45) is 0 Å². The Labute approximate surface area is 148 Å². The molecule has 0 saturated heterocycles. The molecule has 1 aromatic rings. The summed E-state index contributed by atoms with van der Waals surface area (Å²) in [5, 5.41) is 4.28. The molecule has 0 aliphatic rings. The van der Waals surface area contributed by atoms with Crippen molar-refractivity contribution < 1.29 is 0 Å². The molecular formula is C21H38N2O. The molecule has 24 heavy (non-hydrogen) atoms. The van der Waals surface area contributed by atoms with Gasteiger partial charge < -0.3 is 0 Å². The van der Waals surface area contributed by atoms with E-state index in [2.05, 4.69) is 12.0 Å². The molecule has 3 heteroatoms. The molecule has 1 heterocycles. The molecule has 1 aromatic heterocycles. The van der Waals surface area contributed by atoms with Gasteiger partial charge in [0.05, 0.1) is 5.69 Å². The number of aromatic nitrogens is 2. The van der Waals surface area contributed by atoms with Gasteiger partial charge >= 0.3 is 0 Å². The zero-order valence-electron chi connectivity index (χ0n) is 16.1. The first kappa shape index (κ1) is 20.9. The Hall–Kier alpha value is -1.12. The Bertz CT molecular complexity index is 467. The zero-order chi connectivity index (χ0) is 17.5. The van der Waals surface area contributed by atoms with Gasteiger partial charge in [-0.2, -0.15) is 5.10 Å². The standard InChI is InChI=1S/C21H38N2O/c1-3-4-5-6-7-8-9-10-11-12-13-14-15-16-19-23-21(24)18-17-20(2)22-23/h17-18H,3-16,19H2,1-2H3. The summed E-state index contributed by atoms with van der Waals surface area (Å²) in [6.07, 6.45) is 19.0. The smallest absolute Gasteiger partial charge is 0.266 e. The number of aryl methyl sites for hydroxylation is 2. The third-order valence-electron chi connectivity index (χ3n) is 4.72. The summed E-state index contributed by atoms with van der Waals surface area (Å²) < 4.78 is 1.61. The highest BCUT2D eigenvalue weighted by Crippen LogP contribution is 2.13. The number of hydrogen-bond acceptors (Lipinski definition) is 2. The minimum atomic E-state index is 0.0234. The molecule has 1 rings (SSSR count). The third-order valence-corrected chi connectivity index (χ3v) is 4.72. The van der Waals surface area contributed by atoms with Crippen molar-refractivity contribution in [1.82, 2.24) is 9.78 Å². The lowest BCUT2D eigenvalue weighted by atomic mass is 10.0. The lowest BCUT2D eigenvalue weighted by Crippen LogP contribution is -2.22. The monoisotopic (exact) mass is 334 g/mol. The van der Waals surface area contributed by atoms with Crippen molar-refractivity contribution in [3.05, 3.63) is 28.2 Å². The van der Waals surface area contributed by atoms with Gasteiger partial charge in [-0.1, -0.05) is 90.4 Å². The summed E-state index contributed by atoms with van der Waals surface area (Å²) in [6, 6.07) is 3.40. The third kappa shape index (κ3) is 10.6. The minimum absolute atomic E-state index is 0.0234. The summed E-state index contributed by atoms with van der Waals surface area (Å²) in [7, 11) is 0. The molecule has 0 unspecified atom stereocenters. The molecule has 0 aliphatic heterocycles. The predicted molar refractivity (Wildman–Crippen MR) is 104 cm³/mol. The van der Waals surface area contributed by atoms with Gasteiger partial charge in [-0.3, -0.25) is 4.79 Å². The van der Waals surface area contributed by atoms with E-state index < -0.39 is 0 Å². The van der Waals surface area contributed by atoms with E-state index in [1.807, 2.05) is 6.92 Å². The molecular weight excluding hydrogens is 296 g/mol. The number of hydrogen-bond donors (Lipinski definition) is 0. The normalized spacial score (nSPS) is 11.1. The van der Waals surface area contributed by atoms with E-state index in [4.69, 9.17) is 0 Å². The quantitative estimate of drug-likeness (QED) is 0.367. The van der Waals surface area contributed by atoms with Gasteiger partial charge in [0.1, 0.15) is 0 Å². The molecule has 0 fully saturated rings. The molecule has 138 valence electrons. The van der Waals surface area contributed by atoms with E-state index in [0.717, 1.165) is 18.7 Å². The maximum atomic E-state index is 11.6. The second kappa shape index (κ2) is 14.2. The summed E-state index contributed by atoms with van der Waals surface area (Å²) in [6.45, 7) is 4.97. The summed E-state index contributed by atoms with van der Waals surface area (Å²) in [5.74, 6) is 0. The fourth-order valence-electron chi connectivity index (χ4n) is 3.17. The van der Waals surface area contributed by atoms with Crippen LogP contribution in [0.25, 0.3) is 0 Å². The summed E-state index contributed by atoms with van der Waals surface area (Å²) in [4.78, 5) is 11.6. The van der Waals surface area contributed by atoms with Crippen LogP contribution in [-0.4, -0.2) is 9.78 Å². The van der Waals surface area contributed by atoms with Gasteiger partial charge in [-0.25, -0.2) is 4.68 Å². The second-order valence-electron chi connectivity index (χ2n) is 7.13. The molecule has 0 radical (unpaired) electrons. The summed E-state index contributed by atoms with van der Waals surface area (Å²) >= 11 is 0.